The van der Waals surface area contributed by atoms with Gasteiger partial charge in [-0.25, -0.2) is 15.0 Å². The normalized spacial score (nSPS) is 11.7. The standard InChI is InChI=1S/C45H27N3S/c1-3-14-28(15-4-1)30-18-13-19-31(26-30)43-33-21-8-11-24-38(33)47-45(48-43)36-27-35-40(41-34-22-9-12-25-39(34)49-44(36)41)32-20-7-10-23-37(32)46-42(35)29-16-5-2-6-17-29/h1-27H. The molecule has 7 aromatic carbocycles. The molecule has 228 valence electrons. The number of hydrogen-bond donors (Lipinski definition) is 0. The maximum absolute atomic E-state index is 5.44. The molecule has 3 heterocycles. The Bertz CT molecular complexity index is 2880. The van der Waals surface area contributed by atoms with Gasteiger partial charge in [-0.3, -0.25) is 0 Å². The van der Waals surface area contributed by atoms with E-state index in [1.54, 1.807) is 0 Å². The molecule has 0 radical (unpaired) electrons. The molecule has 0 aliphatic heterocycles. The van der Waals surface area contributed by atoms with Crippen LogP contribution in [0.5, 0.6) is 0 Å². The summed E-state index contributed by atoms with van der Waals surface area (Å²) in [5, 5.41) is 6.96. The third kappa shape index (κ3) is 4.53. The zero-order valence-corrected chi connectivity index (χ0v) is 27.2. The van der Waals surface area contributed by atoms with Gasteiger partial charge in [-0.15, -0.1) is 11.3 Å². The largest absolute Gasteiger partial charge is 0.247 e. The van der Waals surface area contributed by atoms with E-state index >= 15 is 0 Å². The molecule has 4 heteroatoms. The molecule has 0 saturated carbocycles. The molecule has 3 nitrogen and oxygen atoms in total. The van der Waals surface area contributed by atoms with E-state index in [9.17, 15) is 0 Å². The molecule has 0 bridgehead atoms. The highest BCUT2D eigenvalue weighted by Crippen LogP contribution is 2.47. The van der Waals surface area contributed by atoms with E-state index in [0.29, 0.717) is 5.82 Å². The summed E-state index contributed by atoms with van der Waals surface area (Å²) >= 11 is 1.81. The fourth-order valence-electron chi connectivity index (χ4n) is 7.21. The van der Waals surface area contributed by atoms with E-state index < -0.39 is 0 Å². The first-order valence-corrected chi connectivity index (χ1v) is 17.3. The van der Waals surface area contributed by atoms with Crippen LogP contribution >= 0.6 is 11.3 Å². The van der Waals surface area contributed by atoms with Crippen LogP contribution in [0.25, 0.3) is 97.8 Å². The lowest BCUT2D eigenvalue weighted by atomic mass is 9.93. The minimum absolute atomic E-state index is 0.712. The smallest absolute Gasteiger partial charge is 0.161 e. The summed E-state index contributed by atoms with van der Waals surface area (Å²) in [6.07, 6.45) is 0. The number of rotatable bonds is 4. The summed E-state index contributed by atoms with van der Waals surface area (Å²) in [6.45, 7) is 0. The first-order valence-electron chi connectivity index (χ1n) is 16.5. The average Bonchev–Trinajstić information content (AvgIpc) is 3.57. The second kappa shape index (κ2) is 11.2. The Labute approximate surface area is 286 Å². The van der Waals surface area contributed by atoms with Gasteiger partial charge in [-0.2, -0.15) is 0 Å². The average molecular weight is 642 g/mol. The Hall–Kier alpha value is -6.23. The lowest BCUT2D eigenvalue weighted by Gasteiger charge is -2.15. The number of benzene rings is 7. The second-order valence-electron chi connectivity index (χ2n) is 12.4. The Morgan fingerprint density at radius 1 is 0.367 bits per heavy atom. The maximum Gasteiger partial charge on any atom is 0.161 e. The van der Waals surface area contributed by atoms with Crippen molar-refractivity contribution in [2.24, 2.45) is 0 Å². The summed E-state index contributed by atoms with van der Waals surface area (Å²) in [6, 6.07) is 57.6. The zero-order chi connectivity index (χ0) is 32.3. The van der Waals surface area contributed by atoms with Crippen molar-refractivity contribution in [1.29, 1.82) is 0 Å². The number of fused-ring (bicyclic) bond motifs is 8. The van der Waals surface area contributed by atoms with E-state index in [1.165, 1.54) is 31.1 Å². The van der Waals surface area contributed by atoms with Crippen LogP contribution in [0.1, 0.15) is 0 Å². The Morgan fingerprint density at radius 3 is 1.76 bits per heavy atom. The molecule has 0 N–H and O–H groups in total. The van der Waals surface area contributed by atoms with Gasteiger partial charge in [0.15, 0.2) is 5.82 Å². The molecule has 0 atom stereocenters. The predicted octanol–water partition coefficient (Wildman–Crippen LogP) is 12.4. The Morgan fingerprint density at radius 2 is 0.959 bits per heavy atom. The fourth-order valence-corrected chi connectivity index (χ4v) is 8.43. The second-order valence-corrected chi connectivity index (χ2v) is 13.4. The molecule has 0 amide bonds. The lowest BCUT2D eigenvalue weighted by Crippen LogP contribution is -1.97. The van der Waals surface area contributed by atoms with E-state index in [2.05, 4.69) is 164 Å². The monoisotopic (exact) mass is 641 g/mol. The van der Waals surface area contributed by atoms with Crippen molar-refractivity contribution in [3.8, 4) is 45.0 Å². The lowest BCUT2D eigenvalue weighted by molar-refractivity contribution is 1.24. The van der Waals surface area contributed by atoms with Crippen LogP contribution in [-0.2, 0) is 0 Å². The van der Waals surface area contributed by atoms with Crippen LogP contribution in [0.2, 0.25) is 0 Å². The number of pyridine rings is 1. The van der Waals surface area contributed by atoms with Gasteiger partial charge < -0.3 is 0 Å². The molecule has 0 aliphatic carbocycles. The summed E-state index contributed by atoms with van der Waals surface area (Å²) in [5.41, 5.74) is 9.29. The molecular weight excluding hydrogens is 615 g/mol. The molecule has 10 rings (SSSR count). The Balaban J connectivity index is 1.33. The molecule has 3 aromatic heterocycles. The van der Waals surface area contributed by atoms with Gasteiger partial charge in [-0.05, 0) is 41.5 Å². The van der Waals surface area contributed by atoms with Crippen LogP contribution in [0.3, 0.4) is 0 Å². The van der Waals surface area contributed by atoms with Gasteiger partial charge in [0.25, 0.3) is 0 Å². The van der Waals surface area contributed by atoms with Crippen molar-refractivity contribution in [3.05, 3.63) is 164 Å². The van der Waals surface area contributed by atoms with E-state index in [-0.39, 0.29) is 0 Å². The minimum atomic E-state index is 0.712. The topological polar surface area (TPSA) is 38.7 Å². The van der Waals surface area contributed by atoms with Gasteiger partial charge in [0, 0.05) is 58.4 Å². The predicted molar refractivity (Wildman–Crippen MR) is 207 cm³/mol. The van der Waals surface area contributed by atoms with E-state index in [0.717, 1.165) is 60.8 Å². The van der Waals surface area contributed by atoms with Crippen molar-refractivity contribution < 1.29 is 0 Å². The molecule has 0 aliphatic rings. The number of aromatic nitrogens is 3. The number of nitrogens with zero attached hydrogens (tertiary/aromatic N) is 3. The molecule has 0 saturated heterocycles. The van der Waals surface area contributed by atoms with Crippen LogP contribution in [0.15, 0.2) is 164 Å². The van der Waals surface area contributed by atoms with Crippen molar-refractivity contribution >= 4 is 64.1 Å². The van der Waals surface area contributed by atoms with Gasteiger partial charge in [0.1, 0.15) is 0 Å². The van der Waals surface area contributed by atoms with Crippen molar-refractivity contribution in [2.45, 2.75) is 0 Å². The number of thiophene rings is 1. The van der Waals surface area contributed by atoms with Gasteiger partial charge in [0.05, 0.1) is 22.4 Å². The van der Waals surface area contributed by atoms with Crippen LogP contribution in [-0.4, -0.2) is 15.0 Å². The van der Waals surface area contributed by atoms with Crippen molar-refractivity contribution in [1.82, 2.24) is 15.0 Å². The Kier molecular flexibility index (Phi) is 6.36. The highest BCUT2D eigenvalue weighted by Gasteiger charge is 2.22. The molecular formula is C45H27N3S. The summed E-state index contributed by atoms with van der Waals surface area (Å²) in [7, 11) is 0. The van der Waals surface area contributed by atoms with Crippen LogP contribution < -0.4 is 0 Å². The quantitative estimate of drug-likeness (QED) is 0.180. The van der Waals surface area contributed by atoms with Crippen molar-refractivity contribution in [3.63, 3.8) is 0 Å². The molecule has 0 spiro atoms. The number of para-hydroxylation sites is 2. The molecule has 10 aromatic rings. The minimum Gasteiger partial charge on any atom is -0.247 e. The van der Waals surface area contributed by atoms with Gasteiger partial charge >= 0.3 is 0 Å². The molecule has 0 fully saturated rings. The third-order valence-corrected chi connectivity index (χ3v) is 10.6. The van der Waals surface area contributed by atoms with Crippen molar-refractivity contribution in [2.75, 3.05) is 0 Å². The van der Waals surface area contributed by atoms with E-state index in [1.807, 2.05) is 11.3 Å². The maximum atomic E-state index is 5.44. The zero-order valence-electron chi connectivity index (χ0n) is 26.3. The first kappa shape index (κ1) is 27.8. The molecule has 49 heavy (non-hydrogen) atoms. The van der Waals surface area contributed by atoms with E-state index in [4.69, 9.17) is 15.0 Å². The summed E-state index contributed by atoms with van der Waals surface area (Å²) in [5.74, 6) is 0.712. The summed E-state index contributed by atoms with van der Waals surface area (Å²) in [4.78, 5) is 16.0. The SMILES string of the molecule is c1ccc(-c2cccc(-c3nc(-c4cc5c(-c6ccccc6)nc6ccccc6c5c5c4sc4ccccc45)nc4ccccc34)c2)cc1. The summed E-state index contributed by atoms with van der Waals surface area (Å²) < 4.78 is 2.42. The first-order chi connectivity index (χ1) is 24.3. The van der Waals surface area contributed by atoms with Crippen LogP contribution in [0, 0.1) is 0 Å². The third-order valence-electron chi connectivity index (χ3n) is 9.44. The van der Waals surface area contributed by atoms with Gasteiger partial charge in [0.2, 0.25) is 0 Å². The fraction of sp³-hybridized carbons (Fsp3) is 0. The van der Waals surface area contributed by atoms with Crippen LogP contribution in [0.4, 0.5) is 0 Å². The molecule has 0 unspecified atom stereocenters. The van der Waals surface area contributed by atoms with Gasteiger partial charge in [-0.1, -0.05) is 133 Å². The highest BCUT2D eigenvalue weighted by molar-refractivity contribution is 7.26. The number of hydrogen-bond acceptors (Lipinski definition) is 4. The highest BCUT2D eigenvalue weighted by atomic mass is 32.1.